The maximum Gasteiger partial charge on any atom is 0.266 e. The summed E-state index contributed by atoms with van der Waals surface area (Å²) in [6.07, 6.45) is 0. The van der Waals surface area contributed by atoms with E-state index in [1.165, 1.54) is 4.57 Å². The molecule has 0 unspecified atom stereocenters. The van der Waals surface area contributed by atoms with Crippen molar-refractivity contribution in [3.05, 3.63) is 50.8 Å². The number of nitrogens with one attached hydrogen (secondary N) is 2. The smallest absolute Gasteiger partial charge is 0.266 e. The molecule has 96 valence electrons. The van der Waals surface area contributed by atoms with Crippen molar-refractivity contribution in [1.82, 2.24) is 19.7 Å². The van der Waals surface area contributed by atoms with E-state index in [9.17, 15) is 4.79 Å². The Morgan fingerprint density at radius 2 is 2.00 bits per heavy atom. The molecule has 0 amide bonds. The van der Waals surface area contributed by atoms with E-state index in [0.29, 0.717) is 10.2 Å². The van der Waals surface area contributed by atoms with Gasteiger partial charge < -0.3 is 4.98 Å². The maximum atomic E-state index is 12.6. The summed E-state index contributed by atoms with van der Waals surface area (Å²) in [5.41, 5.74) is 2.89. The number of hydrogen-bond donors (Lipinski definition) is 2. The number of para-hydroxylation sites is 1. The minimum atomic E-state index is -0.132. The molecule has 0 aliphatic rings. The second-order valence-corrected chi connectivity index (χ2v) is 4.79. The average Bonchev–Trinajstić information content (AvgIpc) is 2.71. The molecule has 0 aliphatic heterocycles. The van der Waals surface area contributed by atoms with Crippen LogP contribution in [0.3, 0.4) is 0 Å². The van der Waals surface area contributed by atoms with Crippen LogP contribution in [0.4, 0.5) is 0 Å². The molecule has 0 radical (unpaired) electrons. The molecular weight excluding hydrogens is 260 g/mol. The number of hydrogen-bond acceptors (Lipinski definition) is 3. The van der Waals surface area contributed by atoms with Gasteiger partial charge in [-0.3, -0.25) is 9.89 Å². The lowest BCUT2D eigenvalue weighted by Crippen LogP contribution is -2.21. The van der Waals surface area contributed by atoms with Gasteiger partial charge in [0.05, 0.1) is 28.0 Å². The summed E-state index contributed by atoms with van der Waals surface area (Å²) < 4.78 is 1.86. The van der Waals surface area contributed by atoms with Crippen LogP contribution in [0.2, 0.25) is 0 Å². The molecule has 0 atom stereocenters. The lowest BCUT2D eigenvalue weighted by atomic mass is 10.2. The first-order valence-electron chi connectivity index (χ1n) is 5.85. The zero-order valence-electron chi connectivity index (χ0n) is 10.5. The van der Waals surface area contributed by atoms with Crippen molar-refractivity contribution in [2.24, 2.45) is 0 Å². The number of aryl methyl sites for hydroxylation is 2. The summed E-state index contributed by atoms with van der Waals surface area (Å²) in [4.78, 5) is 15.7. The van der Waals surface area contributed by atoms with Crippen molar-refractivity contribution in [2.45, 2.75) is 13.8 Å². The lowest BCUT2D eigenvalue weighted by Gasteiger charge is -2.08. The highest BCUT2D eigenvalue weighted by Gasteiger charge is 2.13. The SMILES string of the molecule is Cc1n[nH]c(C)c1-n1c(=S)[nH]c2ccccc2c1=O. The molecule has 0 fully saturated rings. The maximum absolute atomic E-state index is 12.6. The molecule has 0 spiro atoms. The largest absolute Gasteiger partial charge is 0.331 e. The van der Waals surface area contributed by atoms with Gasteiger partial charge in [0.25, 0.3) is 5.56 Å². The fourth-order valence-electron chi connectivity index (χ4n) is 2.24. The highest BCUT2D eigenvalue weighted by atomic mass is 32.1. The van der Waals surface area contributed by atoms with Crippen LogP contribution in [0.1, 0.15) is 11.4 Å². The standard InChI is InChI=1S/C13H12N4OS/c1-7-11(8(2)16-15-7)17-12(18)9-5-3-4-6-10(9)14-13(17)19/h3-6H,1-2H3,(H,14,19)(H,15,16). The molecule has 0 bridgehead atoms. The summed E-state index contributed by atoms with van der Waals surface area (Å²) in [7, 11) is 0. The Balaban J connectivity index is 2.50. The van der Waals surface area contributed by atoms with Crippen molar-refractivity contribution >= 4 is 23.1 Å². The lowest BCUT2D eigenvalue weighted by molar-refractivity contribution is 0.923. The first-order chi connectivity index (χ1) is 9.09. The van der Waals surface area contributed by atoms with Gasteiger partial charge in [-0.2, -0.15) is 5.10 Å². The summed E-state index contributed by atoms with van der Waals surface area (Å²) >= 11 is 5.30. The third-order valence-electron chi connectivity index (χ3n) is 3.12. The fourth-order valence-corrected chi connectivity index (χ4v) is 2.52. The molecular formula is C13H12N4OS. The van der Waals surface area contributed by atoms with E-state index in [2.05, 4.69) is 15.2 Å². The van der Waals surface area contributed by atoms with Gasteiger partial charge in [-0.05, 0) is 38.2 Å². The highest BCUT2D eigenvalue weighted by Crippen LogP contribution is 2.15. The van der Waals surface area contributed by atoms with Gasteiger partial charge in [0.15, 0.2) is 4.77 Å². The number of aromatic amines is 2. The molecule has 19 heavy (non-hydrogen) atoms. The van der Waals surface area contributed by atoms with Gasteiger partial charge >= 0.3 is 0 Å². The molecule has 5 nitrogen and oxygen atoms in total. The van der Waals surface area contributed by atoms with Crippen LogP contribution in [0.5, 0.6) is 0 Å². The Labute approximate surface area is 113 Å². The van der Waals surface area contributed by atoms with Crippen LogP contribution in [-0.2, 0) is 0 Å². The topological polar surface area (TPSA) is 66.5 Å². The van der Waals surface area contributed by atoms with Gasteiger partial charge in [0.1, 0.15) is 0 Å². The molecule has 0 saturated heterocycles. The van der Waals surface area contributed by atoms with Crippen LogP contribution < -0.4 is 5.56 Å². The highest BCUT2D eigenvalue weighted by molar-refractivity contribution is 7.71. The third kappa shape index (κ3) is 1.72. The van der Waals surface area contributed by atoms with Crippen molar-refractivity contribution in [1.29, 1.82) is 0 Å². The number of benzene rings is 1. The molecule has 6 heteroatoms. The van der Waals surface area contributed by atoms with E-state index in [-0.39, 0.29) is 5.56 Å². The molecule has 3 rings (SSSR count). The van der Waals surface area contributed by atoms with Crippen molar-refractivity contribution in [3.63, 3.8) is 0 Å². The van der Waals surface area contributed by atoms with Crippen molar-refractivity contribution < 1.29 is 0 Å². The third-order valence-corrected chi connectivity index (χ3v) is 3.40. The Morgan fingerprint density at radius 3 is 2.68 bits per heavy atom. The first-order valence-corrected chi connectivity index (χ1v) is 6.26. The van der Waals surface area contributed by atoms with E-state index in [0.717, 1.165) is 22.6 Å². The van der Waals surface area contributed by atoms with Crippen LogP contribution in [0, 0.1) is 18.6 Å². The quantitative estimate of drug-likeness (QED) is 0.668. The van der Waals surface area contributed by atoms with Gasteiger partial charge in [-0.15, -0.1) is 0 Å². The van der Waals surface area contributed by atoms with E-state index in [4.69, 9.17) is 12.2 Å². The van der Waals surface area contributed by atoms with Crippen LogP contribution in [0.25, 0.3) is 16.6 Å². The summed E-state index contributed by atoms with van der Waals surface area (Å²) in [5, 5.41) is 7.59. The number of nitrogens with zero attached hydrogens (tertiary/aromatic N) is 2. The zero-order valence-corrected chi connectivity index (χ0v) is 11.3. The predicted octanol–water partition coefficient (Wildman–Crippen LogP) is 2.39. The number of H-pyrrole nitrogens is 2. The van der Waals surface area contributed by atoms with E-state index in [1.54, 1.807) is 6.07 Å². The van der Waals surface area contributed by atoms with Crippen molar-refractivity contribution in [3.8, 4) is 5.69 Å². The van der Waals surface area contributed by atoms with Gasteiger partial charge in [0.2, 0.25) is 0 Å². The molecule has 1 aromatic carbocycles. The van der Waals surface area contributed by atoms with Gasteiger partial charge in [0, 0.05) is 0 Å². The number of aromatic nitrogens is 4. The minimum Gasteiger partial charge on any atom is -0.331 e. The second kappa shape index (κ2) is 4.17. The van der Waals surface area contributed by atoms with Crippen molar-refractivity contribution in [2.75, 3.05) is 0 Å². The summed E-state index contributed by atoms with van der Waals surface area (Å²) in [5.74, 6) is 0. The van der Waals surface area contributed by atoms with E-state index < -0.39 is 0 Å². The minimum absolute atomic E-state index is 0.132. The monoisotopic (exact) mass is 272 g/mol. The Morgan fingerprint density at radius 1 is 1.26 bits per heavy atom. The van der Waals surface area contributed by atoms with Crippen LogP contribution >= 0.6 is 12.2 Å². The number of fused-ring (bicyclic) bond motifs is 1. The molecule has 2 N–H and O–H groups in total. The van der Waals surface area contributed by atoms with E-state index in [1.807, 2.05) is 32.0 Å². The van der Waals surface area contributed by atoms with Crippen LogP contribution in [0.15, 0.2) is 29.1 Å². The average molecular weight is 272 g/mol. The van der Waals surface area contributed by atoms with Crippen LogP contribution in [-0.4, -0.2) is 19.7 Å². The molecule has 2 heterocycles. The normalized spacial score (nSPS) is 11.1. The molecule has 2 aromatic heterocycles. The summed E-state index contributed by atoms with van der Waals surface area (Å²) in [6, 6.07) is 7.32. The van der Waals surface area contributed by atoms with E-state index >= 15 is 0 Å². The zero-order chi connectivity index (χ0) is 13.6. The molecule has 0 aliphatic carbocycles. The Hall–Kier alpha value is -2.21. The number of rotatable bonds is 1. The second-order valence-electron chi connectivity index (χ2n) is 4.40. The Kier molecular flexibility index (Phi) is 2.60. The Bertz CT molecular complexity index is 868. The van der Waals surface area contributed by atoms with Gasteiger partial charge in [-0.1, -0.05) is 12.1 Å². The predicted molar refractivity (Wildman–Crippen MR) is 76.3 cm³/mol. The fraction of sp³-hybridized carbons (Fsp3) is 0.154. The molecule has 0 saturated carbocycles. The first kappa shape index (κ1) is 11.9. The van der Waals surface area contributed by atoms with Gasteiger partial charge in [-0.25, -0.2) is 4.57 Å². The molecule has 3 aromatic rings. The summed E-state index contributed by atoms with van der Waals surface area (Å²) in [6.45, 7) is 3.71.